The van der Waals surface area contributed by atoms with Gasteiger partial charge in [-0.2, -0.15) is 0 Å². The number of benzene rings is 1. The number of hydrogen-bond acceptors (Lipinski definition) is 5. The van der Waals surface area contributed by atoms with Crippen molar-refractivity contribution >= 4 is 33.3 Å². The fourth-order valence-corrected chi connectivity index (χ4v) is 5.36. The van der Waals surface area contributed by atoms with Crippen molar-refractivity contribution in [3.63, 3.8) is 0 Å². The zero-order valence-corrected chi connectivity index (χ0v) is 15.1. The fraction of sp³-hybridized carbons (Fsp3) is 0.333. The van der Waals surface area contributed by atoms with E-state index in [4.69, 9.17) is 9.72 Å². The zero-order valence-electron chi connectivity index (χ0n) is 13.4. The maximum atomic E-state index is 13.3. The number of para-hydroxylation sites is 1. The van der Waals surface area contributed by atoms with Crippen LogP contribution in [0.25, 0.3) is 15.9 Å². The molecule has 4 nitrogen and oxygen atoms in total. The molecular weight excluding hydrogens is 340 g/mol. The molecule has 24 heavy (non-hydrogen) atoms. The summed E-state index contributed by atoms with van der Waals surface area (Å²) in [6, 6.07) is 9.78. The average molecular weight is 358 g/mol. The number of rotatable bonds is 5. The highest BCUT2D eigenvalue weighted by molar-refractivity contribution is 7.99. The highest BCUT2D eigenvalue weighted by atomic mass is 32.2. The molecule has 0 amide bonds. The van der Waals surface area contributed by atoms with Gasteiger partial charge < -0.3 is 4.74 Å². The second-order valence-corrected chi connectivity index (χ2v) is 7.89. The quantitative estimate of drug-likeness (QED) is 0.396. The van der Waals surface area contributed by atoms with Crippen LogP contribution in [0.5, 0.6) is 0 Å². The summed E-state index contributed by atoms with van der Waals surface area (Å²) in [5.41, 5.74) is 2.16. The largest absolute Gasteiger partial charge is 0.384 e. The van der Waals surface area contributed by atoms with Gasteiger partial charge in [0.15, 0.2) is 5.16 Å². The second kappa shape index (κ2) is 6.70. The molecule has 4 rings (SSSR count). The van der Waals surface area contributed by atoms with E-state index < -0.39 is 0 Å². The Morgan fingerprint density at radius 2 is 2.12 bits per heavy atom. The molecule has 6 heteroatoms. The smallest absolute Gasteiger partial charge is 0.267 e. The first-order valence-corrected chi connectivity index (χ1v) is 9.84. The molecule has 1 aromatic carbocycles. The lowest BCUT2D eigenvalue weighted by molar-refractivity contribution is 0.218. The molecule has 0 radical (unpaired) electrons. The lowest BCUT2D eigenvalue weighted by Crippen LogP contribution is -2.22. The van der Waals surface area contributed by atoms with Crippen LogP contribution in [-0.4, -0.2) is 29.0 Å². The highest BCUT2D eigenvalue weighted by Crippen LogP contribution is 2.36. The first kappa shape index (κ1) is 15.9. The van der Waals surface area contributed by atoms with Crippen molar-refractivity contribution in [2.75, 3.05) is 19.5 Å². The highest BCUT2D eigenvalue weighted by Gasteiger charge is 2.23. The van der Waals surface area contributed by atoms with Crippen molar-refractivity contribution in [1.82, 2.24) is 9.55 Å². The van der Waals surface area contributed by atoms with Gasteiger partial charge in [0.05, 0.1) is 17.7 Å². The Balaban J connectivity index is 1.93. The normalized spacial score (nSPS) is 13.5. The number of ether oxygens (including phenoxy) is 1. The molecule has 0 saturated heterocycles. The first-order valence-electron chi connectivity index (χ1n) is 8.04. The Kier molecular flexibility index (Phi) is 4.43. The first-order chi connectivity index (χ1) is 11.8. The Morgan fingerprint density at radius 3 is 2.92 bits per heavy atom. The van der Waals surface area contributed by atoms with Gasteiger partial charge in [0, 0.05) is 17.7 Å². The molecule has 0 fully saturated rings. The van der Waals surface area contributed by atoms with E-state index in [2.05, 4.69) is 0 Å². The Labute approximate surface area is 148 Å². The van der Waals surface area contributed by atoms with Crippen LogP contribution >= 0.6 is 23.1 Å². The van der Waals surface area contributed by atoms with Crippen LogP contribution in [0.1, 0.15) is 16.9 Å². The predicted molar refractivity (Wildman–Crippen MR) is 99.8 cm³/mol. The van der Waals surface area contributed by atoms with E-state index in [0.717, 1.165) is 46.1 Å². The number of methoxy groups -OCH3 is 1. The molecule has 2 heterocycles. The van der Waals surface area contributed by atoms with Crippen LogP contribution in [0.3, 0.4) is 0 Å². The van der Waals surface area contributed by atoms with Crippen molar-refractivity contribution in [3.05, 3.63) is 51.1 Å². The lowest BCUT2D eigenvalue weighted by Gasteiger charge is -2.12. The minimum atomic E-state index is 0.0607. The van der Waals surface area contributed by atoms with Gasteiger partial charge in [-0.05, 0) is 37.0 Å². The van der Waals surface area contributed by atoms with Gasteiger partial charge in [0.25, 0.3) is 5.56 Å². The molecule has 1 aliphatic rings. The second-order valence-electron chi connectivity index (χ2n) is 5.75. The van der Waals surface area contributed by atoms with Crippen molar-refractivity contribution in [2.45, 2.75) is 24.4 Å². The van der Waals surface area contributed by atoms with Gasteiger partial charge in [-0.15, -0.1) is 11.3 Å². The Bertz CT molecular complexity index is 932. The van der Waals surface area contributed by atoms with E-state index in [1.54, 1.807) is 34.8 Å². The summed E-state index contributed by atoms with van der Waals surface area (Å²) in [6.07, 6.45) is 3.22. The van der Waals surface area contributed by atoms with E-state index in [1.165, 1.54) is 10.4 Å². The third kappa shape index (κ3) is 2.68. The van der Waals surface area contributed by atoms with Crippen molar-refractivity contribution in [2.24, 2.45) is 0 Å². The van der Waals surface area contributed by atoms with Crippen LogP contribution in [0.2, 0.25) is 0 Å². The molecule has 0 N–H and O–H groups in total. The van der Waals surface area contributed by atoms with E-state index >= 15 is 0 Å². The molecule has 124 valence electrons. The summed E-state index contributed by atoms with van der Waals surface area (Å²) in [7, 11) is 1.69. The summed E-state index contributed by atoms with van der Waals surface area (Å²) in [5, 5.41) is 1.57. The summed E-state index contributed by atoms with van der Waals surface area (Å²) in [6.45, 7) is 0.633. The summed E-state index contributed by atoms with van der Waals surface area (Å²) in [4.78, 5) is 20.4. The molecule has 0 bridgehead atoms. The third-order valence-electron chi connectivity index (χ3n) is 4.24. The number of aryl methyl sites for hydroxylation is 2. The molecule has 0 aliphatic heterocycles. The number of hydrogen-bond donors (Lipinski definition) is 0. The van der Waals surface area contributed by atoms with Gasteiger partial charge in [-0.1, -0.05) is 30.0 Å². The number of fused-ring (bicyclic) bond motifs is 3. The molecule has 1 aliphatic carbocycles. The molecule has 3 aromatic rings. The summed E-state index contributed by atoms with van der Waals surface area (Å²) in [5.74, 6) is 0.770. The van der Waals surface area contributed by atoms with Crippen molar-refractivity contribution in [3.8, 4) is 5.69 Å². The molecule has 0 saturated carbocycles. The predicted octanol–water partition coefficient (Wildman–Crippen LogP) is 3.67. The standard InChI is InChI=1S/C18H18N2O2S2/c1-22-10-11-23-18-19-16-15(13-8-5-9-14(13)24-16)17(21)20(18)12-6-3-2-4-7-12/h2-4,6-7H,5,8-11H2,1H3. The molecule has 0 unspecified atom stereocenters. The van der Waals surface area contributed by atoms with Gasteiger partial charge in [0.1, 0.15) is 4.83 Å². The molecule has 0 spiro atoms. The van der Waals surface area contributed by atoms with Crippen molar-refractivity contribution < 1.29 is 4.74 Å². The van der Waals surface area contributed by atoms with Gasteiger partial charge >= 0.3 is 0 Å². The number of aromatic nitrogens is 2. The fourth-order valence-electron chi connectivity index (χ4n) is 3.14. The van der Waals surface area contributed by atoms with Crippen LogP contribution in [0.4, 0.5) is 0 Å². The van der Waals surface area contributed by atoms with Gasteiger partial charge in [-0.25, -0.2) is 4.98 Å². The summed E-state index contributed by atoms with van der Waals surface area (Å²) < 4.78 is 6.90. The average Bonchev–Trinajstić information content (AvgIpc) is 3.16. The Morgan fingerprint density at radius 1 is 1.29 bits per heavy atom. The third-order valence-corrected chi connectivity index (χ3v) is 6.33. The molecular formula is C18H18N2O2S2. The topological polar surface area (TPSA) is 44.1 Å². The number of nitrogens with zero attached hydrogens (tertiary/aromatic N) is 2. The van der Waals surface area contributed by atoms with Crippen LogP contribution < -0.4 is 5.56 Å². The van der Waals surface area contributed by atoms with Crippen LogP contribution in [-0.2, 0) is 17.6 Å². The maximum absolute atomic E-state index is 13.3. The zero-order chi connectivity index (χ0) is 16.5. The van der Waals surface area contributed by atoms with Gasteiger partial charge in [-0.3, -0.25) is 9.36 Å². The van der Waals surface area contributed by atoms with Gasteiger partial charge in [0.2, 0.25) is 0 Å². The number of thiophene rings is 1. The molecule has 0 atom stereocenters. The maximum Gasteiger partial charge on any atom is 0.267 e. The minimum absolute atomic E-state index is 0.0607. The van der Waals surface area contributed by atoms with E-state index in [0.29, 0.717) is 6.61 Å². The monoisotopic (exact) mass is 358 g/mol. The SMILES string of the molecule is COCCSc1nc2sc3c(c2c(=O)n1-c1ccccc1)CCC3. The number of thioether (sulfide) groups is 1. The van der Waals surface area contributed by atoms with Crippen LogP contribution in [0, 0.1) is 0 Å². The summed E-state index contributed by atoms with van der Waals surface area (Å²) >= 11 is 3.26. The van der Waals surface area contributed by atoms with Crippen molar-refractivity contribution in [1.29, 1.82) is 0 Å². The lowest BCUT2D eigenvalue weighted by atomic mass is 10.2. The Hall–Kier alpha value is -1.63. The van der Waals surface area contributed by atoms with E-state index in [1.807, 2.05) is 30.3 Å². The molecule has 2 aromatic heterocycles. The van der Waals surface area contributed by atoms with E-state index in [9.17, 15) is 4.79 Å². The van der Waals surface area contributed by atoms with E-state index in [-0.39, 0.29) is 5.56 Å². The minimum Gasteiger partial charge on any atom is -0.384 e. The van der Waals surface area contributed by atoms with Crippen LogP contribution in [0.15, 0.2) is 40.3 Å².